The molecule has 1 aromatic carbocycles. The van der Waals surface area contributed by atoms with Gasteiger partial charge in [0, 0.05) is 32.8 Å². The van der Waals surface area contributed by atoms with Crippen molar-refractivity contribution in [3.8, 4) is 0 Å². The average Bonchev–Trinajstić information content (AvgIpc) is 3.30. The Labute approximate surface area is 156 Å². The molecule has 2 aliphatic heterocycles. The number of nitrogens with zero attached hydrogens (tertiary/aromatic N) is 4. The first-order valence-corrected chi connectivity index (χ1v) is 10.7. The normalized spacial score (nSPS) is 25.0. The fourth-order valence-electron chi connectivity index (χ4n) is 3.54. The number of ether oxygens (including phenoxy) is 1. The number of fused-ring (bicyclic) bond motifs is 1. The lowest BCUT2D eigenvalue weighted by molar-refractivity contribution is -0.152. The lowest BCUT2D eigenvalue weighted by atomic mass is 10.0. The maximum atomic E-state index is 13.0. The number of hydrogen-bond acceptors (Lipinski definition) is 7. The summed E-state index contributed by atoms with van der Waals surface area (Å²) >= 11 is 0.998. The molecule has 2 aromatic rings. The first-order chi connectivity index (χ1) is 12.4. The number of piperazine rings is 1. The van der Waals surface area contributed by atoms with Gasteiger partial charge in [-0.1, -0.05) is 6.07 Å². The minimum absolute atomic E-state index is 0.0437. The number of benzene rings is 1. The van der Waals surface area contributed by atoms with E-state index in [2.05, 4.69) is 8.75 Å². The molecule has 2 saturated heterocycles. The van der Waals surface area contributed by atoms with Crippen LogP contribution in [0.15, 0.2) is 23.1 Å². The average molecular weight is 396 g/mol. The zero-order valence-electron chi connectivity index (χ0n) is 14.4. The molecule has 26 heavy (non-hydrogen) atoms. The lowest BCUT2D eigenvalue weighted by Crippen LogP contribution is -2.55. The first kappa shape index (κ1) is 17.8. The van der Waals surface area contributed by atoms with Crippen LogP contribution in [0.2, 0.25) is 0 Å². The molecule has 8 nitrogen and oxygen atoms in total. The molecule has 10 heteroatoms. The van der Waals surface area contributed by atoms with Crippen LogP contribution in [0.3, 0.4) is 0 Å². The molecule has 4 rings (SSSR count). The van der Waals surface area contributed by atoms with Crippen LogP contribution < -0.4 is 0 Å². The van der Waals surface area contributed by atoms with Crippen molar-refractivity contribution in [2.24, 2.45) is 0 Å². The summed E-state index contributed by atoms with van der Waals surface area (Å²) in [5.74, 6) is -0.0437. The number of amides is 1. The van der Waals surface area contributed by atoms with Gasteiger partial charge in [-0.15, -0.1) is 0 Å². The van der Waals surface area contributed by atoms with E-state index in [1.165, 1.54) is 4.31 Å². The highest BCUT2D eigenvalue weighted by Crippen LogP contribution is 2.29. The third-order valence-corrected chi connectivity index (χ3v) is 7.54. The van der Waals surface area contributed by atoms with E-state index in [0.717, 1.165) is 18.1 Å². The van der Waals surface area contributed by atoms with E-state index in [-0.39, 0.29) is 23.9 Å². The lowest BCUT2D eigenvalue weighted by Gasteiger charge is -2.37. The van der Waals surface area contributed by atoms with Gasteiger partial charge in [0.2, 0.25) is 10.0 Å². The second-order valence-corrected chi connectivity index (χ2v) is 9.20. The molecule has 1 amide bonds. The van der Waals surface area contributed by atoms with E-state index in [1.807, 2.05) is 6.92 Å². The van der Waals surface area contributed by atoms with Crippen LogP contribution >= 0.6 is 11.7 Å². The van der Waals surface area contributed by atoms with E-state index in [9.17, 15) is 13.2 Å². The predicted molar refractivity (Wildman–Crippen MR) is 96.3 cm³/mol. The number of rotatable bonds is 3. The van der Waals surface area contributed by atoms with Gasteiger partial charge < -0.3 is 9.64 Å². The summed E-state index contributed by atoms with van der Waals surface area (Å²) in [6, 6.07) is 4.98. The third kappa shape index (κ3) is 2.90. The standard InChI is InChI=1S/C16H20N4O4S2/c1-16(6-3-11-24-16)15(21)19-7-9-20(10-8-19)26(22,23)13-5-2-4-12-14(13)18-25-17-12/h2,4-5H,3,6-11H2,1H3/t16-/m1/s1. The fourth-order valence-corrected chi connectivity index (χ4v) is 5.72. The van der Waals surface area contributed by atoms with Crippen LogP contribution in [-0.4, -0.2) is 70.7 Å². The van der Waals surface area contributed by atoms with Crippen molar-refractivity contribution in [3.05, 3.63) is 18.2 Å². The van der Waals surface area contributed by atoms with Crippen LogP contribution in [0.5, 0.6) is 0 Å². The molecule has 0 aliphatic carbocycles. The molecule has 0 bridgehead atoms. The van der Waals surface area contributed by atoms with E-state index in [4.69, 9.17) is 4.74 Å². The Morgan fingerprint density at radius 2 is 2.00 bits per heavy atom. The van der Waals surface area contributed by atoms with Crippen LogP contribution in [0, 0.1) is 0 Å². The highest BCUT2D eigenvalue weighted by Gasteiger charge is 2.42. The summed E-state index contributed by atoms with van der Waals surface area (Å²) in [4.78, 5) is 14.6. The number of hydrogen-bond donors (Lipinski definition) is 0. The number of sulfonamides is 1. The Hall–Kier alpha value is -1.62. The second kappa shape index (κ2) is 6.52. The van der Waals surface area contributed by atoms with Crippen molar-refractivity contribution in [1.82, 2.24) is 18.0 Å². The van der Waals surface area contributed by atoms with Gasteiger partial charge in [0.15, 0.2) is 0 Å². The molecule has 0 spiro atoms. The second-order valence-electron chi connectivity index (χ2n) is 6.77. The molecule has 2 aliphatic rings. The molecule has 1 aromatic heterocycles. The molecule has 1 atom stereocenters. The molecule has 0 saturated carbocycles. The number of carbonyl (C=O) groups is 1. The number of aromatic nitrogens is 2. The van der Waals surface area contributed by atoms with Crippen LogP contribution in [0.1, 0.15) is 19.8 Å². The number of carbonyl (C=O) groups excluding carboxylic acids is 1. The quantitative estimate of drug-likeness (QED) is 0.771. The zero-order chi connectivity index (χ0) is 18.4. The monoisotopic (exact) mass is 396 g/mol. The minimum Gasteiger partial charge on any atom is -0.365 e. The summed E-state index contributed by atoms with van der Waals surface area (Å²) in [6.45, 7) is 3.67. The highest BCUT2D eigenvalue weighted by atomic mass is 32.2. The van der Waals surface area contributed by atoms with Crippen molar-refractivity contribution in [2.45, 2.75) is 30.3 Å². The van der Waals surface area contributed by atoms with Crippen molar-refractivity contribution < 1.29 is 17.9 Å². The van der Waals surface area contributed by atoms with Crippen molar-refractivity contribution in [1.29, 1.82) is 0 Å². The predicted octanol–water partition coefficient (Wildman–Crippen LogP) is 1.09. The Morgan fingerprint density at radius 3 is 2.69 bits per heavy atom. The summed E-state index contributed by atoms with van der Waals surface area (Å²) in [5, 5.41) is 0. The van der Waals surface area contributed by atoms with Gasteiger partial charge in [-0.2, -0.15) is 13.1 Å². The van der Waals surface area contributed by atoms with Gasteiger partial charge in [0.05, 0.1) is 11.7 Å². The molecule has 140 valence electrons. The summed E-state index contributed by atoms with van der Waals surface area (Å²) < 4.78 is 41.3. The third-order valence-electron chi connectivity index (χ3n) is 5.06. The molecule has 0 radical (unpaired) electrons. The van der Waals surface area contributed by atoms with Crippen molar-refractivity contribution >= 4 is 38.7 Å². The molecular formula is C16H20N4O4S2. The summed E-state index contributed by atoms with van der Waals surface area (Å²) in [7, 11) is -3.67. The van der Waals surface area contributed by atoms with E-state index >= 15 is 0 Å². The maximum absolute atomic E-state index is 13.0. The van der Waals surface area contributed by atoms with Gasteiger partial charge in [0.25, 0.3) is 5.91 Å². The Balaban J connectivity index is 1.51. The largest absolute Gasteiger partial charge is 0.365 e. The van der Waals surface area contributed by atoms with Gasteiger partial charge >= 0.3 is 0 Å². The Bertz CT molecular complexity index is 929. The van der Waals surface area contributed by atoms with Crippen LogP contribution in [-0.2, 0) is 19.6 Å². The topological polar surface area (TPSA) is 92.7 Å². The van der Waals surface area contributed by atoms with Gasteiger partial charge in [-0.05, 0) is 31.9 Å². The first-order valence-electron chi connectivity index (χ1n) is 8.57. The Kier molecular flexibility index (Phi) is 4.46. The smallest absolute Gasteiger partial charge is 0.254 e. The van der Waals surface area contributed by atoms with Crippen LogP contribution in [0.25, 0.3) is 11.0 Å². The van der Waals surface area contributed by atoms with Gasteiger partial charge in [-0.25, -0.2) is 8.42 Å². The van der Waals surface area contributed by atoms with Crippen LogP contribution in [0.4, 0.5) is 0 Å². The maximum Gasteiger partial charge on any atom is 0.254 e. The molecule has 0 unspecified atom stereocenters. The van der Waals surface area contributed by atoms with E-state index in [1.54, 1.807) is 23.1 Å². The zero-order valence-corrected chi connectivity index (χ0v) is 16.1. The van der Waals surface area contributed by atoms with E-state index < -0.39 is 15.6 Å². The highest BCUT2D eigenvalue weighted by molar-refractivity contribution is 7.89. The Morgan fingerprint density at radius 1 is 1.23 bits per heavy atom. The SMILES string of the molecule is C[C@]1(C(=O)N2CCN(S(=O)(=O)c3cccc4nsnc34)CC2)CCCO1. The minimum atomic E-state index is -3.67. The van der Waals surface area contributed by atoms with Gasteiger partial charge in [0.1, 0.15) is 21.5 Å². The molecule has 0 N–H and O–H groups in total. The van der Waals surface area contributed by atoms with Gasteiger partial charge in [-0.3, -0.25) is 4.79 Å². The molecule has 2 fully saturated rings. The summed E-state index contributed by atoms with van der Waals surface area (Å²) in [5.41, 5.74) is 0.220. The fraction of sp³-hybridized carbons (Fsp3) is 0.562. The summed E-state index contributed by atoms with van der Waals surface area (Å²) in [6.07, 6.45) is 1.59. The van der Waals surface area contributed by atoms with E-state index in [0.29, 0.717) is 37.2 Å². The van der Waals surface area contributed by atoms with Crippen molar-refractivity contribution in [2.75, 3.05) is 32.8 Å². The van der Waals surface area contributed by atoms with Crippen molar-refractivity contribution in [3.63, 3.8) is 0 Å². The molecule has 3 heterocycles. The molecular weight excluding hydrogens is 376 g/mol.